The molecule has 3 heteroatoms. The number of benzene rings is 1. The molecule has 1 amide bonds. The van der Waals surface area contributed by atoms with Crippen LogP contribution in [0, 0.1) is 5.92 Å². The lowest BCUT2D eigenvalue weighted by atomic mass is 9.84. The number of carbonyl (C=O) groups excluding carboxylic acids is 1. The van der Waals surface area contributed by atoms with Crippen molar-refractivity contribution in [3.8, 4) is 0 Å². The Balaban J connectivity index is 1.62. The predicted molar refractivity (Wildman–Crippen MR) is 85.3 cm³/mol. The van der Waals surface area contributed by atoms with Gasteiger partial charge in [-0.1, -0.05) is 43.5 Å². The number of hydrogen-bond donors (Lipinski definition) is 1. The van der Waals surface area contributed by atoms with E-state index in [9.17, 15) is 4.79 Å². The molecule has 0 bridgehead atoms. The maximum Gasteiger partial charge on any atom is 0.243 e. The number of amides is 1. The third-order valence-electron chi connectivity index (χ3n) is 4.69. The van der Waals surface area contributed by atoms with Crippen molar-refractivity contribution in [2.75, 3.05) is 0 Å². The van der Waals surface area contributed by atoms with Crippen LogP contribution in [0.2, 0.25) is 0 Å². The van der Waals surface area contributed by atoms with E-state index in [1.165, 1.54) is 37.7 Å². The van der Waals surface area contributed by atoms with E-state index in [-0.39, 0.29) is 11.8 Å². The summed E-state index contributed by atoms with van der Waals surface area (Å²) in [5.74, 6) is 1.00. The minimum absolute atomic E-state index is 0.0631. The zero-order valence-electron chi connectivity index (χ0n) is 12.8. The molecule has 1 N–H and O–H groups in total. The normalized spacial score (nSPS) is 20.3. The Bertz CT molecular complexity index is 523. The summed E-state index contributed by atoms with van der Waals surface area (Å²) in [6, 6.07) is 8.72. The second-order valence-electron chi connectivity index (χ2n) is 6.40. The van der Waals surface area contributed by atoms with Gasteiger partial charge >= 0.3 is 0 Å². The van der Waals surface area contributed by atoms with Crippen LogP contribution in [0.3, 0.4) is 0 Å². The van der Waals surface area contributed by atoms with E-state index in [0.717, 1.165) is 30.0 Å². The van der Waals surface area contributed by atoms with Gasteiger partial charge in [0.25, 0.3) is 0 Å². The van der Waals surface area contributed by atoms with Crippen LogP contribution in [0.1, 0.15) is 68.9 Å². The molecule has 112 valence electrons. The van der Waals surface area contributed by atoms with Crippen LogP contribution in [0.25, 0.3) is 0 Å². The summed E-state index contributed by atoms with van der Waals surface area (Å²) in [6.45, 7) is 1.95. The quantitative estimate of drug-likeness (QED) is 0.659. The van der Waals surface area contributed by atoms with E-state index in [0.29, 0.717) is 0 Å². The van der Waals surface area contributed by atoms with Gasteiger partial charge in [0.15, 0.2) is 0 Å². The van der Waals surface area contributed by atoms with Gasteiger partial charge in [-0.05, 0) is 49.7 Å². The first-order valence-corrected chi connectivity index (χ1v) is 8.18. The molecule has 2 aliphatic carbocycles. The monoisotopic (exact) mass is 284 g/mol. The van der Waals surface area contributed by atoms with Crippen molar-refractivity contribution in [1.82, 2.24) is 5.43 Å². The van der Waals surface area contributed by atoms with Gasteiger partial charge in [-0.15, -0.1) is 0 Å². The molecule has 0 radical (unpaired) electrons. The van der Waals surface area contributed by atoms with E-state index in [2.05, 4.69) is 34.8 Å². The van der Waals surface area contributed by atoms with Gasteiger partial charge in [-0.3, -0.25) is 4.79 Å². The van der Waals surface area contributed by atoms with Crippen molar-refractivity contribution in [1.29, 1.82) is 0 Å². The maximum atomic E-state index is 11.6. The zero-order chi connectivity index (χ0) is 14.7. The lowest BCUT2D eigenvalue weighted by Crippen LogP contribution is -2.20. The Hall–Kier alpha value is -1.64. The number of nitrogens with zero attached hydrogens (tertiary/aromatic N) is 1. The molecule has 3 nitrogen and oxygen atoms in total. The highest BCUT2D eigenvalue weighted by atomic mass is 16.2. The lowest BCUT2D eigenvalue weighted by Gasteiger charge is -2.22. The van der Waals surface area contributed by atoms with Crippen LogP contribution in [0.15, 0.2) is 29.4 Å². The molecular formula is C18H24N2O. The number of carbonyl (C=O) groups is 1. The molecule has 0 heterocycles. The van der Waals surface area contributed by atoms with E-state index in [1.54, 1.807) is 0 Å². The largest absolute Gasteiger partial charge is 0.273 e. The number of hydrazone groups is 1. The van der Waals surface area contributed by atoms with E-state index < -0.39 is 0 Å². The van der Waals surface area contributed by atoms with E-state index >= 15 is 0 Å². The summed E-state index contributed by atoms with van der Waals surface area (Å²) < 4.78 is 0. The first-order valence-electron chi connectivity index (χ1n) is 8.18. The average Bonchev–Trinajstić information content (AvgIpc) is 3.38. The van der Waals surface area contributed by atoms with Gasteiger partial charge in [0.1, 0.15) is 0 Å². The third kappa shape index (κ3) is 3.72. The molecule has 0 aliphatic heterocycles. The van der Waals surface area contributed by atoms with Crippen molar-refractivity contribution < 1.29 is 4.79 Å². The standard InChI is InChI=1S/C18H24N2O/c1-13(19-20-18(21)17-11-12-17)14-7-9-16(10-8-14)15-5-3-2-4-6-15/h7-10,15,17H,2-6,11-12H2,1H3,(H,20,21). The Morgan fingerprint density at radius 1 is 1.05 bits per heavy atom. The van der Waals surface area contributed by atoms with Crippen molar-refractivity contribution in [2.24, 2.45) is 11.0 Å². The van der Waals surface area contributed by atoms with Gasteiger partial charge in [0.2, 0.25) is 5.91 Å². The second-order valence-corrected chi connectivity index (χ2v) is 6.40. The Morgan fingerprint density at radius 3 is 2.33 bits per heavy atom. The fraction of sp³-hybridized carbons (Fsp3) is 0.556. The summed E-state index contributed by atoms with van der Waals surface area (Å²) in [5, 5.41) is 4.21. The molecule has 0 unspecified atom stereocenters. The molecule has 2 aliphatic rings. The van der Waals surface area contributed by atoms with Gasteiger partial charge < -0.3 is 0 Å². The molecular weight excluding hydrogens is 260 g/mol. The first kappa shape index (κ1) is 14.3. The summed E-state index contributed by atoms with van der Waals surface area (Å²) in [7, 11) is 0. The summed E-state index contributed by atoms with van der Waals surface area (Å²) in [6.07, 6.45) is 8.78. The summed E-state index contributed by atoms with van der Waals surface area (Å²) >= 11 is 0. The van der Waals surface area contributed by atoms with E-state index in [4.69, 9.17) is 0 Å². The van der Waals surface area contributed by atoms with Crippen LogP contribution < -0.4 is 5.43 Å². The van der Waals surface area contributed by atoms with Crippen molar-refractivity contribution in [3.63, 3.8) is 0 Å². The first-order chi connectivity index (χ1) is 10.2. The highest BCUT2D eigenvalue weighted by Crippen LogP contribution is 2.32. The molecule has 1 aromatic carbocycles. The van der Waals surface area contributed by atoms with Crippen LogP contribution >= 0.6 is 0 Å². The Morgan fingerprint density at radius 2 is 1.71 bits per heavy atom. The van der Waals surface area contributed by atoms with E-state index in [1.807, 2.05) is 6.92 Å². The predicted octanol–water partition coefficient (Wildman–Crippen LogP) is 3.98. The molecule has 2 fully saturated rings. The van der Waals surface area contributed by atoms with Crippen molar-refractivity contribution in [2.45, 2.75) is 57.8 Å². The van der Waals surface area contributed by atoms with Gasteiger partial charge in [-0.25, -0.2) is 5.43 Å². The molecule has 3 rings (SSSR count). The smallest absolute Gasteiger partial charge is 0.243 e. The second kappa shape index (κ2) is 6.42. The summed E-state index contributed by atoms with van der Waals surface area (Å²) in [5.41, 5.74) is 6.08. The Labute approximate surface area is 126 Å². The van der Waals surface area contributed by atoms with Gasteiger partial charge in [0, 0.05) is 5.92 Å². The number of hydrogen-bond acceptors (Lipinski definition) is 2. The highest BCUT2D eigenvalue weighted by molar-refractivity contribution is 5.99. The minimum Gasteiger partial charge on any atom is -0.273 e. The van der Waals surface area contributed by atoms with Gasteiger partial charge in [-0.2, -0.15) is 5.10 Å². The van der Waals surface area contributed by atoms with Crippen LogP contribution in [0.5, 0.6) is 0 Å². The average molecular weight is 284 g/mol. The van der Waals surface area contributed by atoms with Crippen LogP contribution in [-0.2, 0) is 4.79 Å². The fourth-order valence-corrected chi connectivity index (χ4v) is 3.07. The topological polar surface area (TPSA) is 41.5 Å². The molecule has 0 atom stereocenters. The molecule has 2 saturated carbocycles. The molecule has 0 saturated heterocycles. The molecule has 21 heavy (non-hydrogen) atoms. The fourth-order valence-electron chi connectivity index (χ4n) is 3.07. The SMILES string of the molecule is CC(=NNC(=O)C1CC1)c1ccc(C2CCCCC2)cc1. The molecule has 0 aromatic heterocycles. The maximum absolute atomic E-state index is 11.6. The number of rotatable bonds is 4. The zero-order valence-corrected chi connectivity index (χ0v) is 12.8. The summed E-state index contributed by atoms with van der Waals surface area (Å²) in [4.78, 5) is 11.6. The van der Waals surface area contributed by atoms with Gasteiger partial charge in [0.05, 0.1) is 5.71 Å². The molecule has 1 aromatic rings. The lowest BCUT2D eigenvalue weighted by molar-refractivity contribution is -0.122. The number of nitrogens with one attached hydrogen (secondary N) is 1. The highest BCUT2D eigenvalue weighted by Gasteiger charge is 2.29. The third-order valence-corrected chi connectivity index (χ3v) is 4.69. The molecule has 0 spiro atoms. The van der Waals surface area contributed by atoms with Crippen LogP contribution in [-0.4, -0.2) is 11.6 Å². The van der Waals surface area contributed by atoms with Crippen LogP contribution in [0.4, 0.5) is 0 Å². The minimum atomic E-state index is 0.0631. The van der Waals surface area contributed by atoms with Crippen molar-refractivity contribution in [3.05, 3.63) is 35.4 Å². The Kier molecular flexibility index (Phi) is 4.37. The van der Waals surface area contributed by atoms with Crippen molar-refractivity contribution >= 4 is 11.6 Å².